The molecule has 1 amide bonds. The summed E-state index contributed by atoms with van der Waals surface area (Å²) in [5.41, 5.74) is 3.44. The summed E-state index contributed by atoms with van der Waals surface area (Å²) >= 11 is 0. The van der Waals surface area contributed by atoms with Gasteiger partial charge in [-0.15, -0.1) is 0 Å². The second kappa shape index (κ2) is 9.17. The van der Waals surface area contributed by atoms with Gasteiger partial charge in [-0.1, -0.05) is 0 Å². The highest BCUT2D eigenvalue weighted by Gasteiger charge is 2.23. The lowest BCUT2D eigenvalue weighted by atomic mass is 10.1. The summed E-state index contributed by atoms with van der Waals surface area (Å²) in [4.78, 5) is 18.9. The molecule has 1 atom stereocenters. The Labute approximate surface area is 175 Å². The average Bonchev–Trinajstić information content (AvgIpc) is 3.45. The molecule has 30 heavy (non-hydrogen) atoms. The molecule has 3 heterocycles. The monoisotopic (exact) mass is 407 g/mol. The SMILES string of the molecule is CC(C(=O)NCCn1nc(-c2ccc(F)cc2)cc1-c1cccnc1)N1CCCC1. The quantitative estimate of drug-likeness (QED) is 0.652. The van der Waals surface area contributed by atoms with Gasteiger partial charge in [0.25, 0.3) is 0 Å². The normalized spacial score (nSPS) is 15.3. The highest BCUT2D eigenvalue weighted by atomic mass is 19.1. The van der Waals surface area contributed by atoms with Crippen molar-refractivity contribution in [1.29, 1.82) is 0 Å². The molecule has 3 aromatic rings. The maximum Gasteiger partial charge on any atom is 0.237 e. The van der Waals surface area contributed by atoms with Crippen molar-refractivity contribution in [3.05, 3.63) is 60.7 Å². The molecule has 156 valence electrons. The van der Waals surface area contributed by atoms with E-state index in [0.29, 0.717) is 13.1 Å². The van der Waals surface area contributed by atoms with Gasteiger partial charge in [0.1, 0.15) is 5.82 Å². The van der Waals surface area contributed by atoms with Crippen LogP contribution in [0.1, 0.15) is 19.8 Å². The zero-order valence-corrected chi connectivity index (χ0v) is 17.1. The lowest BCUT2D eigenvalue weighted by Crippen LogP contribution is -2.44. The third kappa shape index (κ3) is 4.57. The highest BCUT2D eigenvalue weighted by molar-refractivity contribution is 5.81. The minimum atomic E-state index is -0.277. The first-order valence-electron chi connectivity index (χ1n) is 10.4. The lowest BCUT2D eigenvalue weighted by molar-refractivity contribution is -0.125. The number of aromatic nitrogens is 3. The number of halogens is 1. The van der Waals surface area contributed by atoms with E-state index in [1.165, 1.54) is 12.1 Å². The summed E-state index contributed by atoms with van der Waals surface area (Å²) < 4.78 is 15.2. The zero-order valence-electron chi connectivity index (χ0n) is 17.1. The van der Waals surface area contributed by atoms with Crippen LogP contribution in [-0.4, -0.2) is 51.2 Å². The number of nitrogens with zero attached hydrogens (tertiary/aromatic N) is 4. The molecule has 0 radical (unpaired) electrons. The predicted molar refractivity (Wildman–Crippen MR) is 114 cm³/mol. The van der Waals surface area contributed by atoms with Crippen LogP contribution in [0.5, 0.6) is 0 Å². The fraction of sp³-hybridized carbons (Fsp3) is 0.348. The molecule has 0 saturated carbocycles. The largest absolute Gasteiger partial charge is 0.353 e. The molecule has 1 N–H and O–H groups in total. The number of benzene rings is 1. The van der Waals surface area contributed by atoms with Crippen molar-refractivity contribution in [2.45, 2.75) is 32.4 Å². The minimum Gasteiger partial charge on any atom is -0.353 e. The first-order chi connectivity index (χ1) is 14.6. The van der Waals surface area contributed by atoms with Gasteiger partial charge in [0.15, 0.2) is 0 Å². The van der Waals surface area contributed by atoms with Crippen molar-refractivity contribution < 1.29 is 9.18 Å². The molecule has 1 aromatic carbocycles. The third-order valence-electron chi connectivity index (χ3n) is 5.57. The van der Waals surface area contributed by atoms with Crippen molar-refractivity contribution in [2.75, 3.05) is 19.6 Å². The fourth-order valence-electron chi connectivity index (χ4n) is 3.82. The van der Waals surface area contributed by atoms with Crippen molar-refractivity contribution >= 4 is 5.91 Å². The smallest absolute Gasteiger partial charge is 0.237 e. The molecule has 1 aliphatic rings. The van der Waals surface area contributed by atoms with E-state index in [9.17, 15) is 9.18 Å². The van der Waals surface area contributed by atoms with Gasteiger partial charge in [0, 0.05) is 30.1 Å². The van der Waals surface area contributed by atoms with E-state index >= 15 is 0 Å². The third-order valence-corrected chi connectivity index (χ3v) is 5.57. The zero-order chi connectivity index (χ0) is 20.9. The summed E-state index contributed by atoms with van der Waals surface area (Å²) in [7, 11) is 0. The standard InChI is InChI=1S/C23H26FN5O/c1-17(28-12-2-3-13-28)23(30)26-11-14-29-22(19-5-4-10-25-16-19)15-21(27-29)18-6-8-20(24)9-7-18/h4-10,15-17H,2-3,11-14H2,1H3,(H,26,30). The van der Waals surface area contributed by atoms with E-state index in [0.717, 1.165) is 48.4 Å². The van der Waals surface area contributed by atoms with Crippen molar-refractivity contribution in [3.8, 4) is 22.5 Å². The number of pyridine rings is 1. The Morgan fingerprint density at radius 2 is 1.93 bits per heavy atom. The number of nitrogens with one attached hydrogen (secondary N) is 1. The van der Waals surface area contributed by atoms with Gasteiger partial charge in [-0.25, -0.2) is 4.39 Å². The number of hydrogen-bond acceptors (Lipinski definition) is 4. The maximum absolute atomic E-state index is 13.3. The lowest BCUT2D eigenvalue weighted by Gasteiger charge is -2.22. The summed E-state index contributed by atoms with van der Waals surface area (Å²) in [6.07, 6.45) is 5.83. The van der Waals surface area contributed by atoms with E-state index < -0.39 is 0 Å². The number of rotatable bonds is 7. The van der Waals surface area contributed by atoms with Crippen LogP contribution < -0.4 is 5.32 Å². The average molecular weight is 407 g/mol. The molecular weight excluding hydrogens is 381 g/mol. The van der Waals surface area contributed by atoms with E-state index in [4.69, 9.17) is 5.10 Å². The molecule has 1 saturated heterocycles. The Morgan fingerprint density at radius 3 is 2.63 bits per heavy atom. The van der Waals surface area contributed by atoms with Crippen LogP contribution in [0.2, 0.25) is 0 Å². The van der Waals surface area contributed by atoms with Crippen molar-refractivity contribution in [2.24, 2.45) is 0 Å². The number of carbonyl (C=O) groups excluding carboxylic acids is 1. The molecule has 0 bridgehead atoms. The summed E-state index contributed by atoms with van der Waals surface area (Å²) in [6, 6.07) is 12.0. The minimum absolute atomic E-state index is 0.0470. The van der Waals surface area contributed by atoms with E-state index in [1.54, 1.807) is 24.5 Å². The fourth-order valence-corrected chi connectivity index (χ4v) is 3.82. The van der Waals surface area contributed by atoms with E-state index in [2.05, 4.69) is 15.2 Å². The number of likely N-dealkylation sites (tertiary alicyclic amines) is 1. The van der Waals surface area contributed by atoms with Gasteiger partial charge in [-0.2, -0.15) is 5.10 Å². The van der Waals surface area contributed by atoms with Gasteiger partial charge in [0.05, 0.1) is 24.0 Å². The molecule has 1 aliphatic heterocycles. The van der Waals surface area contributed by atoms with Crippen LogP contribution >= 0.6 is 0 Å². The van der Waals surface area contributed by atoms with E-state index in [1.807, 2.05) is 29.8 Å². The Balaban J connectivity index is 1.49. The number of amides is 1. The second-order valence-corrected chi connectivity index (χ2v) is 7.60. The number of hydrogen-bond donors (Lipinski definition) is 1. The molecule has 0 spiro atoms. The molecule has 1 fully saturated rings. The van der Waals surface area contributed by atoms with Crippen molar-refractivity contribution in [3.63, 3.8) is 0 Å². The summed E-state index contributed by atoms with van der Waals surface area (Å²) in [5, 5.41) is 7.75. The van der Waals surface area contributed by atoms with Crippen LogP contribution in [0.25, 0.3) is 22.5 Å². The Kier molecular flexibility index (Phi) is 6.18. The topological polar surface area (TPSA) is 63.1 Å². The first kappa shape index (κ1) is 20.2. The Morgan fingerprint density at radius 1 is 1.17 bits per heavy atom. The molecular formula is C23H26FN5O. The summed E-state index contributed by atoms with van der Waals surface area (Å²) in [5.74, 6) is -0.230. The van der Waals surface area contributed by atoms with Crippen LogP contribution in [0.15, 0.2) is 54.9 Å². The molecule has 1 unspecified atom stereocenters. The van der Waals surface area contributed by atoms with Gasteiger partial charge in [0.2, 0.25) is 5.91 Å². The molecule has 0 aliphatic carbocycles. The summed E-state index contributed by atoms with van der Waals surface area (Å²) in [6.45, 7) is 4.95. The van der Waals surface area contributed by atoms with Crippen LogP contribution in [0.4, 0.5) is 4.39 Å². The van der Waals surface area contributed by atoms with Crippen LogP contribution in [-0.2, 0) is 11.3 Å². The van der Waals surface area contributed by atoms with Crippen molar-refractivity contribution in [1.82, 2.24) is 25.0 Å². The molecule has 7 heteroatoms. The Hall–Kier alpha value is -3.06. The van der Waals surface area contributed by atoms with Gasteiger partial charge >= 0.3 is 0 Å². The predicted octanol–water partition coefficient (Wildman–Crippen LogP) is 3.35. The molecule has 2 aromatic heterocycles. The molecule has 4 rings (SSSR count). The van der Waals surface area contributed by atoms with E-state index in [-0.39, 0.29) is 17.8 Å². The van der Waals surface area contributed by atoms with Crippen LogP contribution in [0.3, 0.4) is 0 Å². The number of carbonyl (C=O) groups is 1. The first-order valence-corrected chi connectivity index (χ1v) is 10.4. The van der Waals surface area contributed by atoms with Gasteiger partial charge in [-0.05, 0) is 75.3 Å². The van der Waals surface area contributed by atoms with Gasteiger partial charge < -0.3 is 5.32 Å². The second-order valence-electron chi connectivity index (χ2n) is 7.60. The Bertz CT molecular complexity index is 981. The van der Waals surface area contributed by atoms with Crippen LogP contribution in [0, 0.1) is 5.82 Å². The maximum atomic E-state index is 13.3. The molecule has 6 nitrogen and oxygen atoms in total. The highest BCUT2D eigenvalue weighted by Crippen LogP contribution is 2.26. The van der Waals surface area contributed by atoms with Gasteiger partial charge in [-0.3, -0.25) is 19.4 Å².